The van der Waals surface area contributed by atoms with Gasteiger partial charge in [0.05, 0.1) is 5.69 Å². The fourth-order valence-corrected chi connectivity index (χ4v) is 2.70. The Morgan fingerprint density at radius 2 is 1.90 bits per heavy atom. The fraction of sp³-hybridized carbons (Fsp3) is 0.333. The van der Waals surface area contributed by atoms with E-state index in [1.54, 1.807) is 12.1 Å². The summed E-state index contributed by atoms with van der Waals surface area (Å²) in [6.45, 7) is 2.00. The third kappa shape index (κ3) is 2.44. The van der Waals surface area contributed by atoms with Crippen molar-refractivity contribution in [2.24, 2.45) is 0 Å². The molecule has 1 aliphatic heterocycles. The van der Waals surface area contributed by atoms with Gasteiger partial charge in [-0.15, -0.1) is 10.2 Å². The van der Waals surface area contributed by atoms with Gasteiger partial charge >= 0.3 is 0 Å². The quantitative estimate of drug-likeness (QED) is 0.776. The van der Waals surface area contributed by atoms with Gasteiger partial charge in [0.25, 0.3) is 0 Å². The lowest BCUT2D eigenvalue weighted by atomic mass is 9.90. The van der Waals surface area contributed by atoms with Gasteiger partial charge in [-0.05, 0) is 50.0 Å². The van der Waals surface area contributed by atoms with Crippen molar-refractivity contribution < 1.29 is 5.11 Å². The molecule has 4 N–H and O–H groups in total. The normalized spacial score (nSPS) is 16.2. The topological polar surface area (TPSA) is 84.1 Å². The summed E-state index contributed by atoms with van der Waals surface area (Å²) in [5.74, 6) is 1.12. The van der Waals surface area contributed by atoms with E-state index in [0.717, 1.165) is 31.5 Å². The van der Waals surface area contributed by atoms with Gasteiger partial charge in [0.15, 0.2) is 0 Å². The van der Waals surface area contributed by atoms with E-state index in [9.17, 15) is 5.11 Å². The molecule has 0 saturated carbocycles. The van der Waals surface area contributed by atoms with E-state index in [-0.39, 0.29) is 5.75 Å². The molecule has 0 aliphatic carbocycles. The largest absolute Gasteiger partial charge is 0.507 e. The third-order valence-corrected chi connectivity index (χ3v) is 3.81. The van der Waals surface area contributed by atoms with E-state index in [4.69, 9.17) is 5.73 Å². The summed E-state index contributed by atoms with van der Waals surface area (Å²) in [7, 11) is 0. The van der Waals surface area contributed by atoms with E-state index in [1.807, 2.05) is 18.2 Å². The Balaban J connectivity index is 2.00. The number of para-hydroxylation sites is 1. The molecule has 5 heteroatoms. The predicted molar refractivity (Wildman–Crippen MR) is 78.4 cm³/mol. The molecule has 2 aromatic rings. The molecule has 1 saturated heterocycles. The zero-order valence-electron chi connectivity index (χ0n) is 11.2. The maximum Gasteiger partial charge on any atom is 0.149 e. The Bertz CT molecular complexity index is 609. The van der Waals surface area contributed by atoms with E-state index in [2.05, 4.69) is 15.5 Å². The molecule has 2 heterocycles. The number of nitrogen functional groups attached to an aromatic ring is 1. The summed E-state index contributed by atoms with van der Waals surface area (Å²) in [6.07, 6.45) is 2.10. The van der Waals surface area contributed by atoms with Gasteiger partial charge in [0.2, 0.25) is 0 Å². The van der Waals surface area contributed by atoms with Crippen LogP contribution in [-0.2, 0) is 0 Å². The number of nitrogens with zero attached hydrogens (tertiary/aromatic N) is 2. The van der Waals surface area contributed by atoms with Crippen molar-refractivity contribution in [2.45, 2.75) is 18.8 Å². The average Bonchev–Trinajstić information content (AvgIpc) is 2.49. The molecule has 3 rings (SSSR count). The van der Waals surface area contributed by atoms with Crippen LogP contribution in [0.5, 0.6) is 5.75 Å². The lowest BCUT2D eigenvalue weighted by Gasteiger charge is -2.23. The Labute approximate surface area is 117 Å². The number of anilines is 1. The summed E-state index contributed by atoms with van der Waals surface area (Å²) in [4.78, 5) is 0. The molecule has 1 fully saturated rings. The molecular formula is C15H18N4O. The van der Waals surface area contributed by atoms with Gasteiger partial charge in [-0.1, -0.05) is 12.1 Å². The Morgan fingerprint density at radius 3 is 2.65 bits per heavy atom. The number of hydrogen-bond donors (Lipinski definition) is 3. The van der Waals surface area contributed by atoms with Crippen LogP contribution in [0.3, 0.4) is 0 Å². The number of rotatable bonds is 2. The summed E-state index contributed by atoms with van der Waals surface area (Å²) in [6, 6.07) is 9.11. The molecule has 5 nitrogen and oxygen atoms in total. The first kappa shape index (κ1) is 12.9. The highest BCUT2D eigenvalue weighted by Gasteiger charge is 2.20. The number of phenols is 1. The van der Waals surface area contributed by atoms with Gasteiger partial charge in [-0.3, -0.25) is 0 Å². The van der Waals surface area contributed by atoms with Crippen LogP contribution in [0.15, 0.2) is 30.3 Å². The molecule has 1 aliphatic rings. The van der Waals surface area contributed by atoms with Gasteiger partial charge in [0, 0.05) is 11.1 Å². The van der Waals surface area contributed by atoms with Crippen LogP contribution in [-0.4, -0.2) is 28.4 Å². The fourth-order valence-electron chi connectivity index (χ4n) is 2.70. The van der Waals surface area contributed by atoms with Gasteiger partial charge < -0.3 is 16.2 Å². The van der Waals surface area contributed by atoms with Crippen LogP contribution < -0.4 is 11.1 Å². The zero-order chi connectivity index (χ0) is 13.9. The van der Waals surface area contributed by atoms with Crippen molar-refractivity contribution in [3.8, 4) is 17.0 Å². The first-order chi connectivity index (χ1) is 9.75. The Morgan fingerprint density at radius 1 is 1.15 bits per heavy atom. The number of nitrogens with one attached hydrogen (secondary N) is 1. The smallest absolute Gasteiger partial charge is 0.149 e. The molecule has 0 bridgehead atoms. The van der Waals surface area contributed by atoms with Crippen LogP contribution in [0, 0.1) is 0 Å². The van der Waals surface area contributed by atoms with E-state index in [1.165, 1.54) is 0 Å². The van der Waals surface area contributed by atoms with Gasteiger partial charge in [-0.2, -0.15) is 0 Å². The maximum atomic E-state index is 9.93. The first-order valence-electron chi connectivity index (χ1n) is 6.88. The van der Waals surface area contributed by atoms with Crippen LogP contribution in [0.4, 0.5) is 5.82 Å². The van der Waals surface area contributed by atoms with Gasteiger partial charge in [0.1, 0.15) is 11.6 Å². The number of nitrogens with two attached hydrogens (primary N) is 1. The minimum Gasteiger partial charge on any atom is -0.507 e. The summed E-state index contributed by atoms with van der Waals surface area (Å²) < 4.78 is 0. The monoisotopic (exact) mass is 270 g/mol. The van der Waals surface area contributed by atoms with Crippen molar-refractivity contribution in [3.05, 3.63) is 35.9 Å². The minimum absolute atomic E-state index is 0.211. The van der Waals surface area contributed by atoms with Crippen LogP contribution in [0.25, 0.3) is 11.3 Å². The average molecular weight is 270 g/mol. The van der Waals surface area contributed by atoms with Crippen molar-refractivity contribution in [1.29, 1.82) is 0 Å². The predicted octanol–water partition coefficient (Wildman–Crippen LogP) is 1.90. The number of phenolic OH excluding ortho intramolecular Hbond substituents is 1. The van der Waals surface area contributed by atoms with Crippen molar-refractivity contribution >= 4 is 5.82 Å². The second kappa shape index (κ2) is 5.46. The van der Waals surface area contributed by atoms with E-state index >= 15 is 0 Å². The maximum absolute atomic E-state index is 9.93. The van der Waals surface area contributed by atoms with E-state index < -0.39 is 0 Å². The Hall–Kier alpha value is -2.14. The van der Waals surface area contributed by atoms with Crippen molar-refractivity contribution in [1.82, 2.24) is 15.5 Å². The molecule has 0 amide bonds. The van der Waals surface area contributed by atoms with Crippen LogP contribution in [0.1, 0.15) is 24.3 Å². The minimum atomic E-state index is 0.211. The zero-order valence-corrected chi connectivity index (χ0v) is 11.2. The highest BCUT2D eigenvalue weighted by atomic mass is 16.3. The SMILES string of the molecule is Nc1nnc(-c2ccccc2O)cc1C1CCNCC1. The lowest BCUT2D eigenvalue weighted by molar-refractivity contribution is 0.460. The standard InChI is InChI=1S/C15H18N4O/c16-15-12(10-5-7-17-8-6-10)9-13(18-19-15)11-3-1-2-4-14(11)20/h1-4,9-10,17,20H,5-8H2,(H2,16,19). The van der Waals surface area contributed by atoms with Crippen molar-refractivity contribution in [3.63, 3.8) is 0 Å². The molecule has 0 spiro atoms. The number of piperidine rings is 1. The number of benzene rings is 1. The lowest BCUT2D eigenvalue weighted by Crippen LogP contribution is -2.27. The second-order valence-corrected chi connectivity index (χ2v) is 5.11. The molecule has 104 valence electrons. The molecule has 20 heavy (non-hydrogen) atoms. The molecule has 1 aromatic heterocycles. The van der Waals surface area contributed by atoms with Gasteiger partial charge in [-0.25, -0.2) is 0 Å². The number of aromatic nitrogens is 2. The first-order valence-corrected chi connectivity index (χ1v) is 6.88. The summed E-state index contributed by atoms with van der Waals surface area (Å²) >= 11 is 0. The molecular weight excluding hydrogens is 252 g/mol. The molecule has 0 radical (unpaired) electrons. The highest BCUT2D eigenvalue weighted by Crippen LogP contribution is 2.33. The van der Waals surface area contributed by atoms with Crippen LogP contribution >= 0.6 is 0 Å². The second-order valence-electron chi connectivity index (χ2n) is 5.11. The third-order valence-electron chi connectivity index (χ3n) is 3.81. The molecule has 0 atom stereocenters. The van der Waals surface area contributed by atoms with Crippen molar-refractivity contribution in [2.75, 3.05) is 18.8 Å². The number of hydrogen-bond acceptors (Lipinski definition) is 5. The van der Waals surface area contributed by atoms with Crippen LogP contribution in [0.2, 0.25) is 0 Å². The summed E-state index contributed by atoms with van der Waals surface area (Å²) in [5.41, 5.74) is 8.38. The van der Waals surface area contributed by atoms with E-state index in [0.29, 0.717) is 23.0 Å². The summed E-state index contributed by atoms with van der Waals surface area (Å²) in [5, 5.41) is 21.5. The Kier molecular flexibility index (Phi) is 3.52. The highest BCUT2D eigenvalue weighted by molar-refractivity contribution is 5.67. The number of aromatic hydroxyl groups is 1. The molecule has 0 unspecified atom stereocenters. The molecule has 1 aromatic carbocycles.